The van der Waals surface area contributed by atoms with E-state index in [9.17, 15) is 19.1 Å². The third-order valence-corrected chi connectivity index (χ3v) is 8.27. The monoisotopic (exact) mass is 554 g/mol. The van der Waals surface area contributed by atoms with Crippen LogP contribution in [0.25, 0.3) is 11.1 Å². The van der Waals surface area contributed by atoms with Crippen molar-refractivity contribution in [3.8, 4) is 11.1 Å². The van der Waals surface area contributed by atoms with Crippen molar-refractivity contribution in [1.29, 1.82) is 0 Å². The molecule has 2 aliphatic heterocycles. The average molecular weight is 555 g/mol. The van der Waals surface area contributed by atoms with Crippen molar-refractivity contribution in [1.82, 2.24) is 9.88 Å². The normalized spacial score (nSPS) is 20.2. The second kappa shape index (κ2) is 9.52. The molecule has 1 aromatic heterocycles. The molecule has 1 N–H and O–H groups in total. The fraction of sp³-hybridized carbons (Fsp3) is 0.321. The van der Waals surface area contributed by atoms with Gasteiger partial charge in [-0.05, 0) is 48.6 Å². The molecular formula is C28H25Cl2FN4O3. The van der Waals surface area contributed by atoms with E-state index < -0.39 is 17.8 Å². The number of likely N-dealkylation sites (tertiary alicyclic amines) is 1. The van der Waals surface area contributed by atoms with E-state index in [1.165, 1.54) is 29.5 Å². The van der Waals surface area contributed by atoms with Gasteiger partial charge >= 0.3 is 0 Å². The summed E-state index contributed by atoms with van der Waals surface area (Å²) in [5.41, 5.74) is 2.43. The van der Waals surface area contributed by atoms with Gasteiger partial charge in [-0.1, -0.05) is 35.3 Å². The SMILES string of the molecule is CN(C(=O)c1c(F)cccc1Cl)c1ncc(-c2ccc(C(=O)N3CC(O)C3)cc2Cl)cc1N1CC2CC2C1. The van der Waals surface area contributed by atoms with Crippen LogP contribution in [0.5, 0.6) is 0 Å². The lowest BCUT2D eigenvalue weighted by atomic mass is 10.0. The number of anilines is 2. The summed E-state index contributed by atoms with van der Waals surface area (Å²) in [7, 11) is 1.56. The molecule has 3 heterocycles. The minimum atomic E-state index is -0.691. The molecule has 6 rings (SSSR count). The number of fused-ring (bicyclic) bond motifs is 1. The summed E-state index contributed by atoms with van der Waals surface area (Å²) in [4.78, 5) is 35.7. The van der Waals surface area contributed by atoms with Crippen LogP contribution in [0.15, 0.2) is 48.7 Å². The molecule has 3 aromatic rings. The van der Waals surface area contributed by atoms with Gasteiger partial charge in [0.1, 0.15) is 5.82 Å². The number of benzene rings is 2. The maximum Gasteiger partial charge on any atom is 0.263 e. The Morgan fingerprint density at radius 3 is 2.45 bits per heavy atom. The largest absolute Gasteiger partial charge is 0.389 e. The lowest BCUT2D eigenvalue weighted by Gasteiger charge is -2.35. The molecule has 0 spiro atoms. The molecule has 3 fully saturated rings. The van der Waals surface area contributed by atoms with Crippen LogP contribution in [0, 0.1) is 17.7 Å². The van der Waals surface area contributed by atoms with Gasteiger partial charge in [-0.15, -0.1) is 0 Å². The number of carbonyl (C=O) groups excluding carboxylic acids is 2. The van der Waals surface area contributed by atoms with Gasteiger partial charge in [0.2, 0.25) is 0 Å². The van der Waals surface area contributed by atoms with E-state index in [1.54, 1.807) is 36.3 Å². The minimum absolute atomic E-state index is 0.0385. The van der Waals surface area contributed by atoms with E-state index >= 15 is 0 Å². The number of pyridine rings is 1. The number of hydrogen-bond donors (Lipinski definition) is 1. The van der Waals surface area contributed by atoms with E-state index in [-0.39, 0.29) is 16.5 Å². The number of aliphatic hydroxyl groups excluding tert-OH is 1. The number of aliphatic hydroxyl groups is 1. The zero-order valence-electron chi connectivity index (χ0n) is 20.6. The number of rotatable bonds is 5. The maximum absolute atomic E-state index is 14.5. The number of halogens is 3. The number of carbonyl (C=O) groups is 2. The standard InChI is InChI=1S/C28H25Cl2FN4O3/c1-33(28(38)25-21(29)3-2-4-23(25)31)26-24(34-11-17-7-18(17)12-34)9-16(10-32-26)20-6-5-15(8-22(20)30)27(37)35-13-19(36)14-35/h2-6,8-10,17-19,36H,7,11-14H2,1H3. The number of β-amino-alcohol motifs (C(OH)–C–C–N with tert-alkyl or cyclic N) is 1. The van der Waals surface area contributed by atoms with Crippen molar-refractivity contribution < 1.29 is 19.1 Å². The highest BCUT2D eigenvalue weighted by Gasteiger charge is 2.46. The zero-order chi connectivity index (χ0) is 26.7. The van der Waals surface area contributed by atoms with E-state index in [2.05, 4.69) is 9.88 Å². The quantitative estimate of drug-likeness (QED) is 0.492. The fourth-order valence-corrected chi connectivity index (χ4v) is 5.86. The number of amides is 2. The van der Waals surface area contributed by atoms with Gasteiger partial charge in [-0.3, -0.25) is 14.5 Å². The molecule has 2 saturated heterocycles. The predicted molar refractivity (Wildman–Crippen MR) is 145 cm³/mol. The molecule has 1 aliphatic carbocycles. The first-order valence-corrected chi connectivity index (χ1v) is 13.2. The van der Waals surface area contributed by atoms with Crippen LogP contribution >= 0.6 is 23.2 Å². The summed E-state index contributed by atoms with van der Waals surface area (Å²) >= 11 is 12.8. The molecule has 0 radical (unpaired) electrons. The van der Waals surface area contributed by atoms with Gasteiger partial charge in [-0.2, -0.15) is 0 Å². The van der Waals surface area contributed by atoms with Crippen molar-refractivity contribution in [2.24, 2.45) is 11.8 Å². The van der Waals surface area contributed by atoms with Gasteiger partial charge in [-0.25, -0.2) is 9.37 Å². The Morgan fingerprint density at radius 1 is 1.05 bits per heavy atom. The minimum Gasteiger partial charge on any atom is -0.389 e. The summed E-state index contributed by atoms with van der Waals surface area (Å²) in [6.45, 7) is 2.34. The Kier molecular flexibility index (Phi) is 6.29. The first-order chi connectivity index (χ1) is 18.2. The molecule has 2 amide bonds. The highest BCUT2D eigenvalue weighted by Crippen LogP contribution is 2.48. The van der Waals surface area contributed by atoms with Crippen molar-refractivity contribution in [2.75, 3.05) is 43.0 Å². The second-order valence-corrected chi connectivity index (χ2v) is 11.1. The van der Waals surface area contributed by atoms with Crippen LogP contribution in [-0.2, 0) is 0 Å². The summed E-state index contributed by atoms with van der Waals surface area (Å²) in [5.74, 6) is 0.199. The fourth-order valence-electron chi connectivity index (χ4n) is 5.33. The van der Waals surface area contributed by atoms with Crippen molar-refractivity contribution in [3.63, 3.8) is 0 Å². The van der Waals surface area contributed by atoms with Gasteiger partial charge in [0.25, 0.3) is 11.8 Å². The summed E-state index contributed by atoms with van der Waals surface area (Å²) in [5, 5.41) is 9.93. The van der Waals surface area contributed by atoms with Crippen LogP contribution in [0.3, 0.4) is 0 Å². The van der Waals surface area contributed by atoms with Crippen LogP contribution in [-0.4, -0.2) is 66.1 Å². The lowest BCUT2D eigenvalue weighted by Crippen LogP contribution is -2.53. The Balaban J connectivity index is 1.34. The number of piperidine rings is 1. The smallest absolute Gasteiger partial charge is 0.263 e. The molecule has 2 atom stereocenters. The molecular weight excluding hydrogens is 530 g/mol. The number of aromatic nitrogens is 1. The van der Waals surface area contributed by atoms with E-state index in [4.69, 9.17) is 23.2 Å². The molecule has 3 aliphatic rings. The van der Waals surface area contributed by atoms with Crippen molar-refractivity contribution in [3.05, 3.63) is 75.7 Å². The van der Waals surface area contributed by atoms with Gasteiger partial charge in [0, 0.05) is 61.1 Å². The molecule has 0 bridgehead atoms. The highest BCUT2D eigenvalue weighted by molar-refractivity contribution is 6.35. The Hall–Kier alpha value is -3.20. The average Bonchev–Trinajstić information content (AvgIpc) is 3.49. The van der Waals surface area contributed by atoms with Crippen LogP contribution in [0.1, 0.15) is 27.1 Å². The Labute approximate surface area is 229 Å². The van der Waals surface area contributed by atoms with Gasteiger partial charge in [0.15, 0.2) is 5.82 Å². The summed E-state index contributed by atoms with van der Waals surface area (Å²) in [6, 6.07) is 11.2. The molecule has 10 heteroatoms. The number of nitrogens with zero attached hydrogens (tertiary/aromatic N) is 4. The first-order valence-electron chi connectivity index (χ1n) is 12.5. The molecule has 1 saturated carbocycles. The van der Waals surface area contributed by atoms with Crippen LogP contribution in [0.4, 0.5) is 15.9 Å². The van der Waals surface area contributed by atoms with Crippen LogP contribution < -0.4 is 9.80 Å². The molecule has 2 unspecified atom stereocenters. The molecule has 196 valence electrons. The summed E-state index contributed by atoms with van der Waals surface area (Å²) in [6.07, 6.45) is 2.35. The lowest BCUT2D eigenvalue weighted by molar-refractivity contribution is 0.00590. The molecule has 2 aromatic carbocycles. The Morgan fingerprint density at radius 2 is 1.79 bits per heavy atom. The zero-order valence-corrected chi connectivity index (χ0v) is 22.1. The van der Waals surface area contributed by atoms with Gasteiger partial charge in [0.05, 0.1) is 22.4 Å². The van der Waals surface area contributed by atoms with Crippen LogP contribution in [0.2, 0.25) is 10.0 Å². The highest BCUT2D eigenvalue weighted by atomic mass is 35.5. The second-order valence-electron chi connectivity index (χ2n) is 10.2. The number of hydrogen-bond acceptors (Lipinski definition) is 5. The Bertz CT molecular complexity index is 1430. The van der Waals surface area contributed by atoms with Crippen molar-refractivity contribution >= 4 is 46.5 Å². The third kappa shape index (κ3) is 4.40. The molecule has 7 nitrogen and oxygen atoms in total. The van der Waals surface area contributed by atoms with E-state index in [0.29, 0.717) is 46.9 Å². The van der Waals surface area contributed by atoms with E-state index in [1.807, 2.05) is 6.07 Å². The first kappa shape index (κ1) is 25.1. The van der Waals surface area contributed by atoms with Crippen molar-refractivity contribution in [2.45, 2.75) is 12.5 Å². The predicted octanol–water partition coefficient (Wildman–Crippen LogP) is 4.74. The topological polar surface area (TPSA) is 77.0 Å². The third-order valence-electron chi connectivity index (χ3n) is 7.64. The summed E-state index contributed by atoms with van der Waals surface area (Å²) < 4.78 is 14.5. The van der Waals surface area contributed by atoms with Gasteiger partial charge < -0.3 is 14.9 Å². The molecule has 38 heavy (non-hydrogen) atoms. The van der Waals surface area contributed by atoms with E-state index in [0.717, 1.165) is 24.3 Å². The maximum atomic E-state index is 14.5.